The van der Waals surface area contributed by atoms with Gasteiger partial charge in [-0.05, 0) is 56.7 Å². The average molecular weight is 250 g/mol. The Hall–Kier alpha value is -0.860. The molecule has 1 aromatic carbocycles. The molecule has 2 heteroatoms. The first kappa shape index (κ1) is 15.2. The Labute approximate surface area is 111 Å². The molecule has 0 saturated heterocycles. The summed E-state index contributed by atoms with van der Waals surface area (Å²) in [5.74, 6) is 0. The number of ether oxygens (including phenoxy) is 1. The molecule has 102 valence electrons. The van der Waals surface area contributed by atoms with Crippen molar-refractivity contribution in [1.82, 2.24) is 0 Å². The number of rotatable bonds is 7. The van der Waals surface area contributed by atoms with Crippen LogP contribution in [0.3, 0.4) is 0 Å². The third-order valence-electron chi connectivity index (χ3n) is 3.22. The molecule has 0 aliphatic heterocycles. The first-order valence-electron chi connectivity index (χ1n) is 6.87. The van der Waals surface area contributed by atoms with Crippen LogP contribution in [0.1, 0.15) is 42.0 Å². The molecule has 0 aliphatic rings. The van der Waals surface area contributed by atoms with E-state index < -0.39 is 0 Å². The zero-order valence-corrected chi connectivity index (χ0v) is 12.1. The van der Waals surface area contributed by atoms with Gasteiger partial charge in [-0.15, -0.1) is 0 Å². The Morgan fingerprint density at radius 2 is 1.72 bits per heavy atom. The van der Waals surface area contributed by atoms with Gasteiger partial charge in [-0.1, -0.05) is 24.6 Å². The lowest BCUT2D eigenvalue weighted by molar-refractivity contribution is 0.0823. The second kappa shape index (κ2) is 7.55. The third-order valence-corrected chi connectivity index (χ3v) is 3.22. The predicted octanol–water partition coefficient (Wildman–Crippen LogP) is 3.33. The molecule has 0 radical (unpaired) electrons. The molecule has 2 nitrogen and oxygen atoms in total. The van der Waals surface area contributed by atoms with E-state index in [1.54, 1.807) is 0 Å². The monoisotopic (exact) mass is 250 g/mol. The number of aliphatic hydroxyl groups excluding tert-OH is 1. The quantitative estimate of drug-likeness (QED) is 0.752. The van der Waals surface area contributed by atoms with E-state index in [0.717, 1.165) is 19.4 Å². The van der Waals surface area contributed by atoms with Crippen LogP contribution in [-0.2, 0) is 11.2 Å². The molecule has 0 amide bonds. The van der Waals surface area contributed by atoms with Gasteiger partial charge < -0.3 is 9.84 Å². The summed E-state index contributed by atoms with van der Waals surface area (Å²) < 4.78 is 5.41. The van der Waals surface area contributed by atoms with E-state index in [2.05, 4.69) is 39.8 Å². The minimum Gasteiger partial charge on any atom is -0.393 e. The number of benzene rings is 1. The highest BCUT2D eigenvalue weighted by molar-refractivity contribution is 5.37. The fourth-order valence-corrected chi connectivity index (χ4v) is 2.34. The van der Waals surface area contributed by atoms with Crippen LogP contribution >= 0.6 is 0 Å². The van der Waals surface area contributed by atoms with E-state index in [1.807, 2.05) is 0 Å². The summed E-state index contributed by atoms with van der Waals surface area (Å²) in [5.41, 5.74) is 5.13. The lowest BCUT2D eigenvalue weighted by atomic mass is 9.94. The van der Waals surface area contributed by atoms with Crippen LogP contribution in [-0.4, -0.2) is 24.4 Å². The van der Waals surface area contributed by atoms with Crippen LogP contribution in [0.15, 0.2) is 12.1 Å². The average Bonchev–Trinajstić information content (AvgIpc) is 2.29. The van der Waals surface area contributed by atoms with Gasteiger partial charge in [0.15, 0.2) is 0 Å². The van der Waals surface area contributed by atoms with Crippen LogP contribution in [0.2, 0.25) is 0 Å². The van der Waals surface area contributed by atoms with E-state index in [-0.39, 0.29) is 6.10 Å². The van der Waals surface area contributed by atoms with Crippen molar-refractivity contribution >= 4 is 0 Å². The van der Waals surface area contributed by atoms with E-state index >= 15 is 0 Å². The Kier molecular flexibility index (Phi) is 6.37. The van der Waals surface area contributed by atoms with Gasteiger partial charge >= 0.3 is 0 Å². The van der Waals surface area contributed by atoms with Crippen molar-refractivity contribution in [3.63, 3.8) is 0 Å². The molecule has 1 unspecified atom stereocenters. The van der Waals surface area contributed by atoms with Crippen LogP contribution in [0.5, 0.6) is 0 Å². The van der Waals surface area contributed by atoms with Crippen molar-refractivity contribution in [3.05, 3.63) is 34.4 Å². The maximum Gasteiger partial charge on any atom is 0.0602 e. The summed E-state index contributed by atoms with van der Waals surface area (Å²) in [7, 11) is 0. The Morgan fingerprint density at radius 1 is 1.11 bits per heavy atom. The zero-order chi connectivity index (χ0) is 13.5. The van der Waals surface area contributed by atoms with Gasteiger partial charge in [0.2, 0.25) is 0 Å². The van der Waals surface area contributed by atoms with E-state index in [9.17, 15) is 5.11 Å². The molecule has 1 aromatic rings. The highest BCUT2D eigenvalue weighted by Gasteiger charge is 2.10. The van der Waals surface area contributed by atoms with Gasteiger partial charge in [-0.2, -0.15) is 0 Å². The molecule has 0 saturated carbocycles. The van der Waals surface area contributed by atoms with Crippen LogP contribution in [0, 0.1) is 20.8 Å². The molecule has 0 bridgehead atoms. The molecule has 0 fully saturated rings. The Bertz CT molecular complexity index is 348. The molecule has 1 rings (SSSR count). The minimum absolute atomic E-state index is 0.304. The molecule has 1 atom stereocenters. The zero-order valence-electron chi connectivity index (χ0n) is 12.1. The summed E-state index contributed by atoms with van der Waals surface area (Å²) in [5, 5.41) is 10.0. The van der Waals surface area contributed by atoms with Crippen LogP contribution < -0.4 is 0 Å². The summed E-state index contributed by atoms with van der Waals surface area (Å²) in [4.78, 5) is 0. The summed E-state index contributed by atoms with van der Waals surface area (Å²) in [6.45, 7) is 9.88. The number of hydrogen-bond acceptors (Lipinski definition) is 2. The molecule has 0 spiro atoms. The van der Waals surface area contributed by atoms with E-state index in [4.69, 9.17) is 4.74 Å². The van der Waals surface area contributed by atoms with Crippen molar-refractivity contribution in [2.45, 2.75) is 53.1 Å². The first-order chi connectivity index (χ1) is 8.54. The Balaban J connectivity index is 2.51. The fraction of sp³-hybridized carbons (Fsp3) is 0.625. The smallest absolute Gasteiger partial charge is 0.0602 e. The van der Waals surface area contributed by atoms with E-state index in [0.29, 0.717) is 13.0 Å². The van der Waals surface area contributed by atoms with Crippen molar-refractivity contribution < 1.29 is 9.84 Å². The Morgan fingerprint density at radius 3 is 2.28 bits per heavy atom. The molecule has 18 heavy (non-hydrogen) atoms. The van der Waals surface area contributed by atoms with Gasteiger partial charge in [0, 0.05) is 13.2 Å². The normalized spacial score (nSPS) is 12.7. The largest absolute Gasteiger partial charge is 0.393 e. The van der Waals surface area contributed by atoms with Gasteiger partial charge in [0.05, 0.1) is 6.10 Å². The number of hydrogen-bond donors (Lipinski definition) is 1. The van der Waals surface area contributed by atoms with Gasteiger partial charge in [0.25, 0.3) is 0 Å². The fourth-order valence-electron chi connectivity index (χ4n) is 2.34. The molecular formula is C16H26O2. The second-order valence-corrected chi connectivity index (χ2v) is 5.14. The minimum atomic E-state index is -0.304. The second-order valence-electron chi connectivity index (χ2n) is 5.14. The highest BCUT2D eigenvalue weighted by atomic mass is 16.5. The molecule has 0 aromatic heterocycles. The number of aliphatic hydroxyl groups is 1. The lowest BCUT2D eigenvalue weighted by Gasteiger charge is -2.15. The molecule has 1 N–H and O–H groups in total. The summed E-state index contributed by atoms with van der Waals surface area (Å²) >= 11 is 0. The highest BCUT2D eigenvalue weighted by Crippen LogP contribution is 2.18. The van der Waals surface area contributed by atoms with Crippen molar-refractivity contribution in [3.8, 4) is 0 Å². The first-order valence-corrected chi connectivity index (χ1v) is 6.87. The summed E-state index contributed by atoms with van der Waals surface area (Å²) in [6.07, 6.45) is 2.17. The molecular weight excluding hydrogens is 224 g/mol. The summed E-state index contributed by atoms with van der Waals surface area (Å²) in [6, 6.07) is 4.37. The maximum absolute atomic E-state index is 10.0. The SMILES string of the molecule is CCCOCCC(O)Cc1c(C)cc(C)cc1C. The van der Waals surface area contributed by atoms with Gasteiger partial charge in [-0.3, -0.25) is 0 Å². The van der Waals surface area contributed by atoms with E-state index in [1.165, 1.54) is 22.3 Å². The van der Waals surface area contributed by atoms with Gasteiger partial charge in [-0.25, -0.2) is 0 Å². The number of aryl methyl sites for hydroxylation is 3. The molecule has 0 aliphatic carbocycles. The topological polar surface area (TPSA) is 29.5 Å². The molecule has 0 heterocycles. The van der Waals surface area contributed by atoms with Crippen LogP contribution in [0.4, 0.5) is 0 Å². The van der Waals surface area contributed by atoms with Crippen molar-refractivity contribution in [2.24, 2.45) is 0 Å². The van der Waals surface area contributed by atoms with Crippen molar-refractivity contribution in [2.75, 3.05) is 13.2 Å². The maximum atomic E-state index is 10.0. The predicted molar refractivity (Wildman–Crippen MR) is 76.1 cm³/mol. The standard InChI is InChI=1S/C16H26O2/c1-5-7-18-8-6-15(17)11-16-13(3)9-12(2)10-14(16)4/h9-10,15,17H,5-8,11H2,1-4H3. The van der Waals surface area contributed by atoms with Crippen LogP contribution in [0.25, 0.3) is 0 Å². The van der Waals surface area contributed by atoms with Crippen molar-refractivity contribution in [1.29, 1.82) is 0 Å². The third kappa shape index (κ3) is 4.79. The van der Waals surface area contributed by atoms with Gasteiger partial charge in [0.1, 0.15) is 0 Å². The lowest BCUT2D eigenvalue weighted by Crippen LogP contribution is -2.15.